The molecule has 0 aliphatic rings. The molecule has 0 bridgehead atoms. The number of rotatable bonds is 60. The van der Waals surface area contributed by atoms with Crippen molar-refractivity contribution >= 4 is 36.3 Å². The highest BCUT2D eigenvalue weighted by Crippen LogP contribution is 2.20. The zero-order chi connectivity index (χ0) is 60.9. The number of carbonyl (C=O) groups is 4. The molecule has 18 nitrogen and oxygen atoms in total. The van der Waals surface area contributed by atoms with Crippen LogP contribution in [0.25, 0.3) is 0 Å². The van der Waals surface area contributed by atoms with Crippen LogP contribution in [0.5, 0.6) is 6.01 Å². The van der Waals surface area contributed by atoms with Crippen molar-refractivity contribution in [2.24, 2.45) is 0 Å². The molecule has 1 aromatic rings. The van der Waals surface area contributed by atoms with Gasteiger partial charge in [0.05, 0.1) is 26.2 Å². The molecule has 0 fully saturated rings. The lowest BCUT2D eigenvalue weighted by molar-refractivity contribution is 0.142. The molecule has 0 saturated heterocycles. The molecule has 4 amide bonds. The van der Waals surface area contributed by atoms with Gasteiger partial charge in [-0.2, -0.15) is 15.0 Å². The molecule has 0 aliphatic carbocycles. The van der Waals surface area contributed by atoms with Gasteiger partial charge in [0.2, 0.25) is 11.9 Å². The first kappa shape index (κ1) is 77.1. The highest BCUT2D eigenvalue weighted by atomic mass is 16.6. The molecular weight excluding hydrogens is 1060 g/mol. The molecule has 0 aromatic carbocycles. The molecule has 1 heterocycles. The molecule has 1 aromatic heterocycles. The minimum atomic E-state index is -0.533. The monoisotopic (exact) mass is 1190 g/mol. The predicted molar refractivity (Wildman–Crippen MR) is 343 cm³/mol. The quantitative estimate of drug-likeness (QED) is 0.0272. The molecule has 0 spiro atoms. The number of alkyl carbamates (subject to hydrolysis) is 4. The van der Waals surface area contributed by atoms with Crippen molar-refractivity contribution in [3.05, 3.63) is 0 Å². The van der Waals surface area contributed by atoms with Crippen LogP contribution in [0, 0.1) is 12.3 Å². The molecule has 0 atom stereocenters. The third kappa shape index (κ3) is 49.3. The molecule has 1 rings (SSSR count). The summed E-state index contributed by atoms with van der Waals surface area (Å²) in [6.07, 6.45) is 51.4. The fourth-order valence-corrected chi connectivity index (χ4v) is 9.82. The van der Waals surface area contributed by atoms with Gasteiger partial charge in [-0.3, -0.25) is 0 Å². The summed E-state index contributed by atoms with van der Waals surface area (Å²) in [6.45, 7) is 11.2. The second-order valence-corrected chi connectivity index (χ2v) is 22.7. The van der Waals surface area contributed by atoms with Gasteiger partial charge in [-0.25, -0.2) is 19.2 Å². The lowest BCUT2D eigenvalue weighted by atomic mass is 10.1. The van der Waals surface area contributed by atoms with Gasteiger partial charge in [-0.1, -0.05) is 265 Å². The summed E-state index contributed by atoms with van der Waals surface area (Å²) in [7, 11) is 0. The van der Waals surface area contributed by atoms with Crippen LogP contribution in [0.1, 0.15) is 285 Å². The maximum Gasteiger partial charge on any atom is 0.407 e. The van der Waals surface area contributed by atoms with Crippen molar-refractivity contribution in [1.82, 2.24) is 36.2 Å². The first-order valence-electron chi connectivity index (χ1n) is 34.2. The Morgan fingerprint density at radius 2 is 0.560 bits per heavy atom. The van der Waals surface area contributed by atoms with Crippen LogP contribution in [-0.4, -0.2) is 125 Å². The first-order chi connectivity index (χ1) is 41.3. The first-order valence-corrected chi connectivity index (χ1v) is 34.2. The summed E-state index contributed by atoms with van der Waals surface area (Å²) < 4.78 is 28.4. The summed E-state index contributed by atoms with van der Waals surface area (Å²) in [6, 6.07) is -0.0847. The van der Waals surface area contributed by atoms with Crippen LogP contribution in [0.3, 0.4) is 0 Å². The topological polar surface area (TPSA) is 208 Å². The minimum Gasteiger partial charge on any atom is -0.450 e. The molecule has 0 unspecified atom stereocenters. The van der Waals surface area contributed by atoms with E-state index in [-0.39, 0.29) is 77.1 Å². The van der Waals surface area contributed by atoms with E-state index in [9.17, 15) is 19.2 Å². The molecule has 0 saturated carbocycles. The molecule has 486 valence electrons. The third-order valence-corrected chi connectivity index (χ3v) is 15.0. The standard InChI is InChI=1S/C66H123N9O9/c1-6-11-15-19-23-27-31-35-39-43-47-67-63(76)81-56-51-74(52-57-82-64(77)68-48-44-40-36-32-28-24-20-16-12-7-2)60-71-61(73-62(72-60)80-55-10-5)75(53-58-83-65(78)69-49-45-41-37-33-29-25-21-17-13-8-3)54-59-84-66(79)70-50-46-42-38-34-30-26-22-18-14-9-4/h5H,6-9,11-59H2,1-4H3,(H,67,76)(H,68,77)(H,69,78)(H,70,79). The number of hydrogen-bond acceptors (Lipinski definition) is 14. The van der Waals surface area contributed by atoms with Gasteiger partial charge in [-0.05, 0) is 25.7 Å². The maximum absolute atomic E-state index is 12.9. The van der Waals surface area contributed by atoms with Gasteiger partial charge in [-0.15, -0.1) is 6.42 Å². The average Bonchev–Trinajstić information content (AvgIpc) is 3.65. The SMILES string of the molecule is C#CCOc1nc(N(CCOC(=O)NCCCCCCCCCCCC)CCOC(=O)NCCCCCCCCCCCC)nc(N(CCOC(=O)NCCCCCCCCCCCC)CCOC(=O)NCCCCCCCCCCCC)n1. The van der Waals surface area contributed by atoms with Crippen molar-refractivity contribution < 1.29 is 42.9 Å². The van der Waals surface area contributed by atoms with Crippen molar-refractivity contribution in [3.8, 4) is 18.4 Å². The molecule has 84 heavy (non-hydrogen) atoms. The number of amides is 4. The number of anilines is 2. The Morgan fingerprint density at radius 1 is 0.345 bits per heavy atom. The van der Waals surface area contributed by atoms with E-state index in [4.69, 9.17) is 35.1 Å². The van der Waals surface area contributed by atoms with Crippen LogP contribution in [0.2, 0.25) is 0 Å². The zero-order valence-electron chi connectivity index (χ0n) is 54.0. The molecule has 4 N–H and O–H groups in total. The lowest BCUT2D eigenvalue weighted by Gasteiger charge is -2.26. The molecular formula is C66H123N9O9. The Labute approximate surface area is 511 Å². The van der Waals surface area contributed by atoms with Crippen LogP contribution < -0.4 is 35.8 Å². The number of hydrogen-bond donors (Lipinski definition) is 4. The van der Waals surface area contributed by atoms with E-state index < -0.39 is 24.4 Å². The fraction of sp³-hybridized carbons (Fsp3) is 0.864. The Kier molecular flexibility index (Phi) is 54.8. The van der Waals surface area contributed by atoms with E-state index in [0.29, 0.717) is 26.2 Å². The minimum absolute atomic E-state index is 0.0375. The smallest absolute Gasteiger partial charge is 0.407 e. The van der Waals surface area contributed by atoms with E-state index in [0.717, 1.165) is 77.0 Å². The number of nitrogens with one attached hydrogen (secondary N) is 4. The van der Waals surface area contributed by atoms with Crippen LogP contribution in [0.4, 0.5) is 31.1 Å². The van der Waals surface area contributed by atoms with Crippen molar-refractivity contribution in [2.75, 3.05) is 95.2 Å². The van der Waals surface area contributed by atoms with Gasteiger partial charge in [0, 0.05) is 26.2 Å². The molecule has 0 aliphatic heterocycles. The Morgan fingerprint density at radius 3 is 0.774 bits per heavy atom. The van der Waals surface area contributed by atoms with E-state index in [2.05, 4.69) is 64.9 Å². The van der Waals surface area contributed by atoms with Gasteiger partial charge in [0.25, 0.3) is 0 Å². The maximum atomic E-state index is 12.9. The van der Waals surface area contributed by atoms with E-state index >= 15 is 0 Å². The number of aromatic nitrogens is 3. The number of carbonyl (C=O) groups excluding carboxylic acids is 4. The van der Waals surface area contributed by atoms with Crippen LogP contribution in [0.15, 0.2) is 0 Å². The van der Waals surface area contributed by atoms with Crippen molar-refractivity contribution in [2.45, 2.75) is 285 Å². The summed E-state index contributed by atoms with van der Waals surface area (Å²) in [5.74, 6) is 2.72. The van der Waals surface area contributed by atoms with Crippen molar-refractivity contribution in [1.29, 1.82) is 0 Å². The summed E-state index contributed by atoms with van der Waals surface area (Å²) in [5.41, 5.74) is 0. The molecule has 0 radical (unpaired) electrons. The van der Waals surface area contributed by atoms with Gasteiger partial charge in [0.1, 0.15) is 26.4 Å². The number of ether oxygens (including phenoxy) is 5. The van der Waals surface area contributed by atoms with Crippen LogP contribution in [-0.2, 0) is 18.9 Å². The Balaban J connectivity index is 3.13. The summed E-state index contributed by atoms with van der Waals surface area (Å²) >= 11 is 0. The number of nitrogens with zero attached hydrogens (tertiary/aromatic N) is 5. The number of terminal acetylenes is 1. The summed E-state index contributed by atoms with van der Waals surface area (Å²) in [5, 5.41) is 11.5. The fourth-order valence-electron chi connectivity index (χ4n) is 9.82. The van der Waals surface area contributed by atoms with Crippen LogP contribution >= 0.6 is 0 Å². The zero-order valence-corrected chi connectivity index (χ0v) is 54.0. The second kappa shape index (κ2) is 59.8. The van der Waals surface area contributed by atoms with Gasteiger partial charge >= 0.3 is 30.4 Å². The van der Waals surface area contributed by atoms with Gasteiger partial charge in [0.15, 0.2) is 6.61 Å². The highest BCUT2D eigenvalue weighted by molar-refractivity contribution is 5.68. The lowest BCUT2D eigenvalue weighted by Crippen LogP contribution is -2.38. The Hall–Kier alpha value is -4.95. The third-order valence-electron chi connectivity index (χ3n) is 15.0. The highest BCUT2D eigenvalue weighted by Gasteiger charge is 2.21. The predicted octanol–water partition coefficient (Wildman–Crippen LogP) is 16.1. The number of unbranched alkanes of at least 4 members (excludes halogenated alkanes) is 36. The van der Waals surface area contributed by atoms with E-state index in [1.165, 1.54) is 180 Å². The van der Waals surface area contributed by atoms with Gasteiger partial charge < -0.3 is 54.8 Å². The van der Waals surface area contributed by atoms with Crippen molar-refractivity contribution in [3.63, 3.8) is 0 Å². The largest absolute Gasteiger partial charge is 0.450 e. The second-order valence-electron chi connectivity index (χ2n) is 22.7. The summed E-state index contributed by atoms with van der Waals surface area (Å²) in [4.78, 5) is 69.1. The molecule has 18 heteroatoms. The average molecular weight is 1190 g/mol. The van der Waals surface area contributed by atoms with E-state index in [1.807, 2.05) is 0 Å². The Bertz CT molecular complexity index is 1540. The van der Waals surface area contributed by atoms with E-state index in [1.54, 1.807) is 9.80 Å². The normalized spacial score (nSPS) is 10.9.